The standard InChI is InChI=1S/C28H42O3P/c1-25(2,3)19-13-15-23(21(17-19)27(7,8)9)30-32(29)31-24-16-14-20(26(4,5)6)18-22(24)28(10,11)12/h13-18H,1-12H3/q+1. The highest BCUT2D eigenvalue weighted by molar-refractivity contribution is 7.34. The van der Waals surface area contributed by atoms with Crippen LogP contribution in [0.5, 0.6) is 11.5 Å². The molecule has 2 aromatic rings. The van der Waals surface area contributed by atoms with Gasteiger partial charge in [0, 0.05) is 15.7 Å². The predicted molar refractivity (Wildman–Crippen MR) is 137 cm³/mol. The third-order valence-electron chi connectivity index (χ3n) is 5.65. The van der Waals surface area contributed by atoms with E-state index in [1.807, 2.05) is 24.3 Å². The summed E-state index contributed by atoms with van der Waals surface area (Å²) < 4.78 is 24.8. The van der Waals surface area contributed by atoms with Crippen LogP contribution in [0.4, 0.5) is 0 Å². The smallest absolute Gasteiger partial charge is 0.222 e. The van der Waals surface area contributed by atoms with Gasteiger partial charge in [0.15, 0.2) is 11.5 Å². The van der Waals surface area contributed by atoms with Crippen LogP contribution in [0, 0.1) is 0 Å². The van der Waals surface area contributed by atoms with E-state index in [2.05, 4.69) is 95.2 Å². The Labute approximate surface area is 196 Å². The van der Waals surface area contributed by atoms with Gasteiger partial charge in [-0.15, -0.1) is 0 Å². The molecule has 0 saturated carbocycles. The first-order valence-electron chi connectivity index (χ1n) is 11.4. The molecule has 0 amide bonds. The molecule has 0 atom stereocenters. The Morgan fingerprint density at radius 2 is 0.844 bits per heavy atom. The van der Waals surface area contributed by atoms with Gasteiger partial charge in [-0.25, -0.2) is 9.05 Å². The van der Waals surface area contributed by atoms with Crippen molar-refractivity contribution < 1.29 is 13.6 Å². The summed E-state index contributed by atoms with van der Waals surface area (Å²) in [6.07, 6.45) is 0. The molecule has 0 N–H and O–H groups in total. The number of hydrogen-bond donors (Lipinski definition) is 0. The third-order valence-corrected chi connectivity index (χ3v) is 6.34. The maximum absolute atomic E-state index is 13.0. The van der Waals surface area contributed by atoms with Gasteiger partial charge < -0.3 is 0 Å². The predicted octanol–water partition coefficient (Wildman–Crippen LogP) is 8.99. The highest BCUT2D eigenvalue weighted by Crippen LogP contribution is 2.42. The van der Waals surface area contributed by atoms with Gasteiger partial charge in [-0.2, -0.15) is 0 Å². The Hall–Kier alpha value is -1.86. The molecule has 0 spiro atoms. The molecule has 32 heavy (non-hydrogen) atoms. The van der Waals surface area contributed by atoms with E-state index in [1.165, 1.54) is 11.1 Å². The summed E-state index contributed by atoms with van der Waals surface area (Å²) in [5.41, 5.74) is 4.22. The van der Waals surface area contributed by atoms with Crippen LogP contribution >= 0.6 is 8.25 Å². The molecule has 0 bridgehead atoms. The Kier molecular flexibility index (Phi) is 7.28. The average molecular weight is 458 g/mol. The van der Waals surface area contributed by atoms with Gasteiger partial charge in [-0.05, 0) is 44.9 Å². The van der Waals surface area contributed by atoms with Gasteiger partial charge in [0.05, 0.1) is 0 Å². The Morgan fingerprint density at radius 1 is 0.531 bits per heavy atom. The number of rotatable bonds is 4. The van der Waals surface area contributed by atoms with E-state index >= 15 is 0 Å². The van der Waals surface area contributed by atoms with Crippen molar-refractivity contribution in [3.63, 3.8) is 0 Å². The van der Waals surface area contributed by atoms with Crippen molar-refractivity contribution in [1.82, 2.24) is 0 Å². The lowest BCUT2D eigenvalue weighted by Gasteiger charge is -2.26. The van der Waals surface area contributed by atoms with Crippen molar-refractivity contribution in [2.45, 2.75) is 105 Å². The topological polar surface area (TPSA) is 35.5 Å². The molecule has 0 unspecified atom stereocenters. The number of hydrogen-bond acceptors (Lipinski definition) is 3. The second-order valence-electron chi connectivity index (χ2n) is 12.8. The molecule has 0 fully saturated rings. The van der Waals surface area contributed by atoms with Crippen LogP contribution in [-0.4, -0.2) is 0 Å². The summed E-state index contributed by atoms with van der Waals surface area (Å²) in [6.45, 7) is 26.0. The lowest BCUT2D eigenvalue weighted by Crippen LogP contribution is -2.17. The van der Waals surface area contributed by atoms with Crippen molar-refractivity contribution in [3.8, 4) is 11.5 Å². The van der Waals surface area contributed by atoms with Crippen LogP contribution in [0.15, 0.2) is 36.4 Å². The summed E-state index contributed by atoms with van der Waals surface area (Å²) in [7, 11) is -2.39. The summed E-state index contributed by atoms with van der Waals surface area (Å²) in [5, 5.41) is 0. The average Bonchev–Trinajstić information content (AvgIpc) is 2.58. The van der Waals surface area contributed by atoms with Crippen LogP contribution in [0.1, 0.15) is 105 Å². The van der Waals surface area contributed by atoms with E-state index < -0.39 is 8.25 Å². The minimum atomic E-state index is -2.39. The maximum atomic E-state index is 13.0. The van der Waals surface area contributed by atoms with Crippen LogP contribution in [0.3, 0.4) is 0 Å². The molecule has 0 aromatic heterocycles. The molecular weight excluding hydrogens is 415 g/mol. The van der Waals surface area contributed by atoms with E-state index in [9.17, 15) is 4.57 Å². The fourth-order valence-electron chi connectivity index (χ4n) is 3.50. The fourth-order valence-corrected chi connectivity index (χ4v) is 4.18. The lowest BCUT2D eigenvalue weighted by atomic mass is 9.80. The second-order valence-corrected chi connectivity index (χ2v) is 13.6. The molecule has 4 heteroatoms. The normalized spacial score (nSPS) is 13.1. The zero-order valence-electron chi connectivity index (χ0n) is 22.1. The van der Waals surface area contributed by atoms with E-state index in [4.69, 9.17) is 9.05 Å². The van der Waals surface area contributed by atoms with Gasteiger partial charge in [-0.3, -0.25) is 0 Å². The van der Waals surface area contributed by atoms with Gasteiger partial charge in [0.2, 0.25) is 0 Å². The van der Waals surface area contributed by atoms with Gasteiger partial charge >= 0.3 is 8.25 Å². The highest BCUT2D eigenvalue weighted by atomic mass is 31.1. The summed E-state index contributed by atoms with van der Waals surface area (Å²) >= 11 is 0. The molecular formula is C28H42O3P+. The highest BCUT2D eigenvalue weighted by Gasteiger charge is 2.33. The van der Waals surface area contributed by atoms with Crippen LogP contribution in [-0.2, 0) is 26.2 Å². The minimum Gasteiger partial charge on any atom is -0.222 e. The van der Waals surface area contributed by atoms with Gasteiger partial charge in [0.1, 0.15) is 0 Å². The maximum Gasteiger partial charge on any atom is 0.805 e. The van der Waals surface area contributed by atoms with Crippen molar-refractivity contribution in [3.05, 3.63) is 58.7 Å². The molecule has 3 nitrogen and oxygen atoms in total. The zero-order chi connectivity index (χ0) is 24.7. The molecule has 0 heterocycles. The van der Waals surface area contributed by atoms with Gasteiger partial charge in [-0.1, -0.05) is 107 Å². The molecule has 0 radical (unpaired) electrons. The first-order valence-corrected chi connectivity index (χ1v) is 12.5. The Morgan fingerprint density at radius 3 is 1.09 bits per heavy atom. The summed E-state index contributed by atoms with van der Waals surface area (Å²) in [6, 6.07) is 12.3. The monoisotopic (exact) mass is 457 g/mol. The van der Waals surface area contributed by atoms with Crippen molar-refractivity contribution >= 4 is 8.25 Å². The van der Waals surface area contributed by atoms with Crippen LogP contribution < -0.4 is 9.05 Å². The van der Waals surface area contributed by atoms with E-state index in [0.29, 0.717) is 11.5 Å². The largest absolute Gasteiger partial charge is 0.805 e. The van der Waals surface area contributed by atoms with E-state index in [0.717, 1.165) is 11.1 Å². The van der Waals surface area contributed by atoms with Crippen molar-refractivity contribution in [2.75, 3.05) is 0 Å². The second kappa shape index (κ2) is 8.82. The third kappa shape index (κ3) is 6.58. The summed E-state index contributed by atoms with van der Waals surface area (Å²) in [4.78, 5) is 0. The molecule has 0 aliphatic heterocycles. The van der Waals surface area contributed by atoms with E-state index in [-0.39, 0.29) is 21.7 Å². The van der Waals surface area contributed by atoms with Crippen LogP contribution in [0.25, 0.3) is 0 Å². The quantitative estimate of drug-likeness (QED) is 0.430. The molecule has 2 rings (SSSR count). The van der Waals surface area contributed by atoms with Crippen LogP contribution in [0.2, 0.25) is 0 Å². The molecule has 176 valence electrons. The molecule has 0 aliphatic rings. The van der Waals surface area contributed by atoms with Crippen molar-refractivity contribution in [1.29, 1.82) is 0 Å². The first kappa shape index (κ1) is 26.4. The number of benzene rings is 2. The first-order chi connectivity index (χ1) is 14.3. The Bertz CT molecular complexity index is 898. The van der Waals surface area contributed by atoms with Crippen molar-refractivity contribution in [2.24, 2.45) is 0 Å². The minimum absolute atomic E-state index is 0.0215. The van der Waals surface area contributed by atoms with Gasteiger partial charge in [0.25, 0.3) is 0 Å². The zero-order valence-corrected chi connectivity index (χ0v) is 23.0. The molecule has 2 aromatic carbocycles. The fraction of sp³-hybridized carbons (Fsp3) is 0.571. The Balaban J connectivity index is 2.39. The lowest BCUT2D eigenvalue weighted by molar-refractivity contribution is 0.402. The SMILES string of the molecule is CC(C)(C)c1ccc(O[P+](=O)Oc2ccc(C(C)(C)C)cc2C(C)(C)C)c(C(C)(C)C)c1. The molecule has 0 saturated heterocycles. The molecule has 0 aliphatic carbocycles. The van der Waals surface area contributed by atoms with E-state index in [1.54, 1.807) is 0 Å². The summed E-state index contributed by atoms with van der Waals surface area (Å²) in [5.74, 6) is 1.21.